The van der Waals surface area contributed by atoms with Gasteiger partial charge in [0.2, 0.25) is 5.91 Å². The van der Waals surface area contributed by atoms with Crippen molar-refractivity contribution >= 4 is 29.6 Å². The predicted molar refractivity (Wildman–Crippen MR) is 87.1 cm³/mol. The van der Waals surface area contributed by atoms with E-state index in [0.29, 0.717) is 13.0 Å². The minimum Gasteiger partial charge on any atom is -0.449 e. The number of alkyl carbamates (subject to hydrolysis) is 1. The van der Waals surface area contributed by atoms with Crippen LogP contribution in [-0.4, -0.2) is 42.2 Å². The van der Waals surface area contributed by atoms with Crippen LogP contribution in [-0.2, 0) is 19.1 Å². The second-order valence-corrected chi connectivity index (χ2v) is 6.61. The van der Waals surface area contributed by atoms with E-state index in [9.17, 15) is 14.4 Å². The molecule has 0 rings (SSSR count). The van der Waals surface area contributed by atoms with Gasteiger partial charge in [-0.15, -0.1) is 0 Å². The Hall–Kier alpha value is -1.50. The molecular formula is C15H27ClN2O5. The van der Waals surface area contributed by atoms with Crippen molar-refractivity contribution in [3.8, 4) is 0 Å². The van der Waals surface area contributed by atoms with Crippen LogP contribution >= 0.6 is 11.6 Å². The molecule has 2 amide bonds. The first-order chi connectivity index (χ1) is 10.6. The van der Waals surface area contributed by atoms with Crippen molar-refractivity contribution in [2.24, 2.45) is 5.92 Å². The van der Waals surface area contributed by atoms with Gasteiger partial charge in [-0.3, -0.25) is 9.59 Å². The van der Waals surface area contributed by atoms with Crippen LogP contribution < -0.4 is 10.6 Å². The average Bonchev–Trinajstić information content (AvgIpc) is 2.38. The summed E-state index contributed by atoms with van der Waals surface area (Å²) >= 11 is 5.27. The van der Waals surface area contributed by atoms with E-state index in [4.69, 9.17) is 16.3 Å². The number of amides is 2. The van der Waals surface area contributed by atoms with Crippen molar-refractivity contribution in [3.63, 3.8) is 0 Å². The van der Waals surface area contributed by atoms with Gasteiger partial charge in [0, 0.05) is 13.0 Å². The van der Waals surface area contributed by atoms with Gasteiger partial charge in [0.15, 0.2) is 6.07 Å². The molecule has 0 aliphatic carbocycles. The normalized spacial score (nSPS) is 12.5. The van der Waals surface area contributed by atoms with E-state index in [-0.39, 0.29) is 24.3 Å². The first-order valence-electron chi connectivity index (χ1n) is 7.55. The monoisotopic (exact) mass is 350 g/mol. The number of hydrogen-bond acceptors (Lipinski definition) is 5. The number of esters is 1. The van der Waals surface area contributed by atoms with Gasteiger partial charge in [-0.25, -0.2) is 4.79 Å². The highest BCUT2D eigenvalue weighted by atomic mass is 35.5. The Bertz CT molecular complexity index is 407. The topological polar surface area (TPSA) is 93.7 Å². The Balaban J connectivity index is 4.31. The molecule has 134 valence electrons. The molecule has 0 aromatic carbocycles. The molecule has 0 unspecified atom stereocenters. The molecule has 0 aromatic rings. The van der Waals surface area contributed by atoms with E-state index >= 15 is 0 Å². The van der Waals surface area contributed by atoms with Crippen molar-refractivity contribution < 1.29 is 23.9 Å². The molecule has 7 nitrogen and oxygen atoms in total. The molecule has 2 N–H and O–H groups in total. The van der Waals surface area contributed by atoms with E-state index in [1.165, 1.54) is 0 Å². The molecule has 23 heavy (non-hydrogen) atoms. The van der Waals surface area contributed by atoms with E-state index in [2.05, 4.69) is 15.4 Å². The molecule has 0 spiro atoms. The second kappa shape index (κ2) is 10.3. The predicted octanol–water partition coefficient (Wildman–Crippen LogP) is 2.17. The molecule has 8 heteroatoms. The fourth-order valence-corrected chi connectivity index (χ4v) is 1.78. The first kappa shape index (κ1) is 21.5. The van der Waals surface area contributed by atoms with Crippen molar-refractivity contribution in [1.29, 1.82) is 0 Å². The zero-order valence-electron chi connectivity index (χ0n) is 14.4. The highest BCUT2D eigenvalue weighted by Gasteiger charge is 2.26. The summed E-state index contributed by atoms with van der Waals surface area (Å²) in [6, 6.07) is -0.889. The highest BCUT2D eigenvalue weighted by Crippen LogP contribution is 2.09. The SMILES string of the molecule is CC(C)[C@H](NC(=O)OC(C)(C)C)C(=O)NCCCC(=O)OCCl. The molecule has 0 aliphatic rings. The maximum atomic E-state index is 12.1. The lowest BCUT2D eigenvalue weighted by molar-refractivity contribution is -0.141. The lowest BCUT2D eigenvalue weighted by atomic mass is 10.0. The minimum absolute atomic E-state index is 0.108. The van der Waals surface area contributed by atoms with Gasteiger partial charge < -0.3 is 20.1 Å². The molecule has 0 fully saturated rings. The van der Waals surface area contributed by atoms with Crippen molar-refractivity contribution in [1.82, 2.24) is 10.6 Å². The van der Waals surface area contributed by atoms with Gasteiger partial charge in [-0.05, 0) is 33.1 Å². The summed E-state index contributed by atoms with van der Waals surface area (Å²) in [5.41, 5.74) is -0.634. The Morgan fingerprint density at radius 3 is 2.26 bits per heavy atom. The summed E-state index contributed by atoms with van der Waals surface area (Å²) in [5.74, 6) is -0.846. The number of rotatable bonds is 8. The maximum Gasteiger partial charge on any atom is 0.408 e. The number of alkyl halides is 1. The summed E-state index contributed by atoms with van der Waals surface area (Å²) in [6.45, 7) is 9.18. The van der Waals surface area contributed by atoms with Gasteiger partial charge in [0.25, 0.3) is 0 Å². The standard InChI is InChI=1S/C15H27ClN2O5/c1-10(2)12(18-14(21)23-15(3,4)5)13(20)17-8-6-7-11(19)22-9-16/h10,12H,6-9H2,1-5H3,(H,17,20)(H,18,21)/t12-/m0/s1. The molecular weight excluding hydrogens is 324 g/mol. The molecule has 0 aliphatic heterocycles. The third-order valence-electron chi connectivity index (χ3n) is 2.69. The zero-order chi connectivity index (χ0) is 18.0. The lowest BCUT2D eigenvalue weighted by Gasteiger charge is -2.25. The van der Waals surface area contributed by atoms with Crippen molar-refractivity contribution in [2.45, 2.75) is 59.1 Å². The van der Waals surface area contributed by atoms with E-state index in [1.807, 2.05) is 13.8 Å². The van der Waals surface area contributed by atoms with Crippen LogP contribution in [0.25, 0.3) is 0 Å². The van der Waals surface area contributed by atoms with Gasteiger partial charge in [-0.2, -0.15) is 0 Å². The Labute approximate surface area is 142 Å². The Morgan fingerprint density at radius 2 is 1.78 bits per heavy atom. The van der Waals surface area contributed by atoms with Crippen LogP contribution in [0.3, 0.4) is 0 Å². The maximum absolute atomic E-state index is 12.1. The van der Waals surface area contributed by atoms with Gasteiger partial charge >= 0.3 is 12.1 Å². The number of hydrogen-bond donors (Lipinski definition) is 2. The molecule has 0 radical (unpaired) electrons. The molecule has 0 bridgehead atoms. The summed E-state index contributed by atoms with van der Waals surface area (Å²) in [4.78, 5) is 35.0. The van der Waals surface area contributed by atoms with Crippen LogP contribution in [0.15, 0.2) is 0 Å². The third kappa shape index (κ3) is 10.8. The smallest absolute Gasteiger partial charge is 0.408 e. The van der Waals surface area contributed by atoms with Crippen LogP contribution in [0.4, 0.5) is 4.79 Å². The lowest BCUT2D eigenvalue weighted by Crippen LogP contribution is -2.51. The van der Waals surface area contributed by atoms with Gasteiger partial charge in [0.1, 0.15) is 11.6 Å². The second-order valence-electron chi connectivity index (χ2n) is 6.39. The molecule has 0 saturated heterocycles. The van der Waals surface area contributed by atoms with Crippen molar-refractivity contribution in [2.75, 3.05) is 12.6 Å². The van der Waals surface area contributed by atoms with Crippen LogP contribution in [0.2, 0.25) is 0 Å². The van der Waals surface area contributed by atoms with E-state index in [0.717, 1.165) is 0 Å². The van der Waals surface area contributed by atoms with E-state index < -0.39 is 23.7 Å². The molecule has 0 saturated carbocycles. The van der Waals surface area contributed by atoms with Crippen molar-refractivity contribution in [3.05, 3.63) is 0 Å². The van der Waals surface area contributed by atoms with E-state index in [1.54, 1.807) is 20.8 Å². The Kier molecular flexibility index (Phi) is 9.64. The third-order valence-corrected chi connectivity index (χ3v) is 2.80. The summed E-state index contributed by atoms with van der Waals surface area (Å²) in [7, 11) is 0. The summed E-state index contributed by atoms with van der Waals surface area (Å²) in [5, 5.41) is 5.24. The largest absolute Gasteiger partial charge is 0.449 e. The molecule has 0 aromatic heterocycles. The number of ether oxygens (including phenoxy) is 2. The Morgan fingerprint density at radius 1 is 1.17 bits per heavy atom. The average molecular weight is 351 g/mol. The number of carbonyl (C=O) groups excluding carboxylic acids is 3. The molecule has 0 heterocycles. The number of nitrogens with one attached hydrogen (secondary N) is 2. The van der Waals surface area contributed by atoms with Gasteiger partial charge in [0.05, 0.1) is 0 Å². The quantitative estimate of drug-likeness (QED) is 0.397. The zero-order valence-corrected chi connectivity index (χ0v) is 15.2. The highest BCUT2D eigenvalue weighted by molar-refractivity contribution is 6.17. The fourth-order valence-electron chi connectivity index (χ4n) is 1.66. The fraction of sp³-hybridized carbons (Fsp3) is 0.800. The molecule has 1 atom stereocenters. The van der Waals surface area contributed by atoms with Crippen LogP contribution in [0, 0.1) is 5.92 Å². The summed E-state index contributed by atoms with van der Waals surface area (Å²) in [6.07, 6.45) is -0.0468. The minimum atomic E-state index is -0.709. The number of carbonyl (C=O) groups is 3. The first-order valence-corrected chi connectivity index (χ1v) is 8.09. The van der Waals surface area contributed by atoms with Crippen LogP contribution in [0.1, 0.15) is 47.5 Å². The van der Waals surface area contributed by atoms with Gasteiger partial charge in [-0.1, -0.05) is 25.4 Å². The number of halogens is 1. The summed E-state index contributed by atoms with van der Waals surface area (Å²) < 4.78 is 9.72. The van der Waals surface area contributed by atoms with Crippen LogP contribution in [0.5, 0.6) is 0 Å².